The van der Waals surface area contributed by atoms with Gasteiger partial charge in [0.1, 0.15) is 5.82 Å². The van der Waals surface area contributed by atoms with Crippen LogP contribution < -0.4 is 10.2 Å². The minimum atomic E-state index is -0.825. The molecule has 1 heterocycles. The Bertz CT molecular complexity index is 893. The van der Waals surface area contributed by atoms with Crippen molar-refractivity contribution in [3.63, 3.8) is 0 Å². The number of carbonyl (C=O) groups excluding carboxylic acids is 1. The lowest BCUT2D eigenvalue weighted by Gasteiger charge is -2.36. The molecular formula is C25H31FN2O2. The number of aliphatic hydroxyl groups is 1. The average molecular weight is 411 g/mol. The summed E-state index contributed by atoms with van der Waals surface area (Å²) >= 11 is 0. The maximum atomic E-state index is 14.3. The van der Waals surface area contributed by atoms with E-state index in [1.807, 2.05) is 44.2 Å². The van der Waals surface area contributed by atoms with E-state index in [4.69, 9.17) is 0 Å². The highest BCUT2D eigenvalue weighted by molar-refractivity contribution is 6.08. The Morgan fingerprint density at radius 3 is 2.47 bits per heavy atom. The van der Waals surface area contributed by atoms with Crippen LogP contribution in [0, 0.1) is 5.82 Å². The molecule has 1 aliphatic heterocycles. The summed E-state index contributed by atoms with van der Waals surface area (Å²) in [5.74, 6) is -0.360. The smallest absolute Gasteiger partial charge is 0.238 e. The van der Waals surface area contributed by atoms with Crippen molar-refractivity contribution < 1.29 is 14.3 Å². The molecule has 0 aromatic heterocycles. The summed E-state index contributed by atoms with van der Waals surface area (Å²) < 4.78 is 14.3. The first-order valence-corrected chi connectivity index (χ1v) is 11.0. The lowest BCUT2D eigenvalue weighted by molar-refractivity contribution is -0.125. The maximum absolute atomic E-state index is 14.3. The van der Waals surface area contributed by atoms with Gasteiger partial charge in [-0.25, -0.2) is 4.39 Å². The van der Waals surface area contributed by atoms with E-state index < -0.39 is 17.6 Å². The van der Waals surface area contributed by atoms with Crippen LogP contribution >= 0.6 is 0 Å². The Morgan fingerprint density at radius 1 is 1.10 bits per heavy atom. The monoisotopic (exact) mass is 410 g/mol. The molecule has 2 atom stereocenters. The van der Waals surface area contributed by atoms with Gasteiger partial charge in [-0.05, 0) is 36.1 Å². The van der Waals surface area contributed by atoms with E-state index in [1.54, 1.807) is 11.0 Å². The molecule has 4 rings (SSSR count). The second-order valence-electron chi connectivity index (χ2n) is 8.97. The molecule has 1 spiro atoms. The fourth-order valence-electron chi connectivity index (χ4n) is 5.14. The van der Waals surface area contributed by atoms with Crippen LogP contribution in [0.3, 0.4) is 0 Å². The molecule has 160 valence electrons. The average Bonchev–Trinajstić information content (AvgIpc) is 2.96. The number of fused-ring (bicyclic) bond motifs is 2. The number of amides is 1. The molecular weight excluding hydrogens is 379 g/mol. The van der Waals surface area contributed by atoms with E-state index in [0.717, 1.165) is 43.2 Å². The molecule has 5 heteroatoms. The molecule has 2 N–H and O–H groups in total. The molecule has 2 aromatic rings. The number of anilines is 1. The van der Waals surface area contributed by atoms with Crippen molar-refractivity contribution in [3.05, 3.63) is 65.5 Å². The van der Waals surface area contributed by atoms with E-state index in [-0.39, 0.29) is 17.8 Å². The molecule has 0 saturated heterocycles. The zero-order valence-corrected chi connectivity index (χ0v) is 17.8. The minimum Gasteiger partial charge on any atom is -0.389 e. The summed E-state index contributed by atoms with van der Waals surface area (Å²) in [6.07, 6.45) is 3.84. The molecule has 30 heavy (non-hydrogen) atoms. The molecule has 1 saturated carbocycles. The second-order valence-corrected chi connectivity index (χ2v) is 8.97. The first-order chi connectivity index (χ1) is 14.4. The zero-order chi connectivity index (χ0) is 21.3. The molecule has 2 aliphatic rings. The molecule has 1 fully saturated rings. The van der Waals surface area contributed by atoms with Gasteiger partial charge in [0.25, 0.3) is 0 Å². The van der Waals surface area contributed by atoms with Crippen LogP contribution in [0.4, 0.5) is 10.1 Å². The van der Waals surface area contributed by atoms with Crippen molar-refractivity contribution in [2.45, 2.75) is 69.6 Å². The van der Waals surface area contributed by atoms with Crippen molar-refractivity contribution in [1.82, 2.24) is 5.32 Å². The highest BCUT2D eigenvalue weighted by atomic mass is 19.1. The molecule has 2 unspecified atom stereocenters. The van der Waals surface area contributed by atoms with E-state index >= 15 is 0 Å². The van der Waals surface area contributed by atoms with Crippen molar-refractivity contribution in [3.8, 4) is 0 Å². The minimum absolute atomic E-state index is 0.000231. The molecule has 4 nitrogen and oxygen atoms in total. The van der Waals surface area contributed by atoms with Crippen molar-refractivity contribution in [2.75, 3.05) is 11.4 Å². The third-order valence-electron chi connectivity index (χ3n) is 6.59. The van der Waals surface area contributed by atoms with E-state index in [2.05, 4.69) is 5.32 Å². The third-order valence-corrected chi connectivity index (χ3v) is 6.59. The molecule has 0 bridgehead atoms. The standard InChI is InChI=1S/C25H31FN2O2/c1-17(2)27-16-22(29)23(18-9-5-3-6-10-18)28-21-15-19(26)11-12-20(21)25(24(28)30)13-7-4-8-14-25/h3,5-6,9-12,15,17,22-23,27,29H,4,7-8,13-14,16H2,1-2H3. The Hall–Kier alpha value is -2.24. The third kappa shape index (κ3) is 3.65. The van der Waals surface area contributed by atoms with Crippen molar-refractivity contribution in [2.24, 2.45) is 0 Å². The number of hydrogen-bond acceptors (Lipinski definition) is 3. The number of nitrogens with zero attached hydrogens (tertiary/aromatic N) is 1. The predicted octanol–water partition coefficient (Wildman–Crippen LogP) is 4.47. The topological polar surface area (TPSA) is 52.6 Å². The van der Waals surface area contributed by atoms with Crippen LogP contribution in [0.1, 0.15) is 63.1 Å². The lowest BCUT2D eigenvalue weighted by Crippen LogP contribution is -2.48. The summed E-state index contributed by atoms with van der Waals surface area (Å²) in [6, 6.07) is 13.9. The van der Waals surface area contributed by atoms with Gasteiger partial charge in [-0.2, -0.15) is 0 Å². The summed E-state index contributed by atoms with van der Waals surface area (Å²) in [4.78, 5) is 15.7. The number of benzene rings is 2. The van der Waals surface area contributed by atoms with Crippen LogP contribution in [0.25, 0.3) is 0 Å². The summed E-state index contributed by atoms with van der Waals surface area (Å²) in [7, 11) is 0. The Kier molecular flexibility index (Phi) is 5.94. The van der Waals surface area contributed by atoms with Crippen molar-refractivity contribution in [1.29, 1.82) is 0 Å². The van der Waals surface area contributed by atoms with Gasteiger partial charge >= 0.3 is 0 Å². The number of carbonyl (C=O) groups is 1. The Morgan fingerprint density at radius 2 is 1.80 bits per heavy atom. The zero-order valence-electron chi connectivity index (χ0n) is 17.8. The number of halogens is 1. The molecule has 1 amide bonds. The molecule has 0 radical (unpaired) electrons. The predicted molar refractivity (Wildman–Crippen MR) is 117 cm³/mol. The largest absolute Gasteiger partial charge is 0.389 e. The van der Waals surface area contributed by atoms with Gasteiger partial charge < -0.3 is 15.3 Å². The molecule has 2 aromatic carbocycles. The maximum Gasteiger partial charge on any atom is 0.238 e. The van der Waals surface area contributed by atoms with E-state index in [9.17, 15) is 14.3 Å². The van der Waals surface area contributed by atoms with Crippen LogP contribution in [-0.2, 0) is 10.2 Å². The SMILES string of the molecule is CC(C)NCC(O)C(c1ccccc1)N1C(=O)C2(CCCCC2)c2ccc(F)cc21. The number of aliphatic hydroxyl groups excluding tert-OH is 1. The van der Waals surface area contributed by atoms with Gasteiger partial charge in [-0.1, -0.05) is 69.5 Å². The first-order valence-electron chi connectivity index (χ1n) is 11.0. The second kappa shape index (κ2) is 8.48. The van der Waals surface area contributed by atoms with Crippen LogP contribution in [-0.4, -0.2) is 29.7 Å². The fraction of sp³-hybridized carbons (Fsp3) is 0.480. The summed E-state index contributed by atoms with van der Waals surface area (Å²) in [5, 5.41) is 14.5. The summed E-state index contributed by atoms with van der Waals surface area (Å²) in [5.41, 5.74) is 1.78. The van der Waals surface area contributed by atoms with Crippen LogP contribution in [0.5, 0.6) is 0 Å². The van der Waals surface area contributed by atoms with Gasteiger partial charge in [-0.15, -0.1) is 0 Å². The Balaban J connectivity index is 1.82. The lowest BCUT2D eigenvalue weighted by atomic mass is 9.70. The highest BCUT2D eigenvalue weighted by Crippen LogP contribution is 2.52. The Labute approximate surface area is 178 Å². The first kappa shape index (κ1) is 21.0. The van der Waals surface area contributed by atoms with Gasteiger partial charge in [0.2, 0.25) is 5.91 Å². The summed E-state index contributed by atoms with van der Waals surface area (Å²) in [6.45, 7) is 4.39. The van der Waals surface area contributed by atoms with Gasteiger partial charge in [0.05, 0.1) is 23.2 Å². The van der Waals surface area contributed by atoms with Crippen LogP contribution in [0.2, 0.25) is 0 Å². The van der Waals surface area contributed by atoms with Crippen molar-refractivity contribution >= 4 is 11.6 Å². The quantitative estimate of drug-likeness (QED) is 0.739. The normalized spacial score (nSPS) is 19.9. The van der Waals surface area contributed by atoms with E-state index in [0.29, 0.717) is 12.2 Å². The molecule has 1 aliphatic carbocycles. The number of hydrogen-bond donors (Lipinski definition) is 2. The van der Waals surface area contributed by atoms with Gasteiger partial charge in [-0.3, -0.25) is 4.79 Å². The number of nitrogens with one attached hydrogen (secondary N) is 1. The number of rotatable bonds is 6. The van der Waals surface area contributed by atoms with Gasteiger partial charge in [0, 0.05) is 12.6 Å². The van der Waals surface area contributed by atoms with E-state index in [1.165, 1.54) is 12.1 Å². The van der Waals surface area contributed by atoms with Gasteiger partial charge in [0.15, 0.2) is 0 Å². The highest BCUT2D eigenvalue weighted by Gasteiger charge is 2.53. The fourth-order valence-corrected chi connectivity index (χ4v) is 5.14. The van der Waals surface area contributed by atoms with Crippen LogP contribution in [0.15, 0.2) is 48.5 Å².